The Morgan fingerprint density at radius 3 is 2.82 bits per heavy atom. The fourth-order valence-electron chi connectivity index (χ4n) is 3.67. The molecule has 142 valence electrons. The Balaban J connectivity index is 1.55. The minimum atomic E-state index is 0.741. The molecular weight excluding hydrogens is 352 g/mol. The van der Waals surface area contributed by atoms with Gasteiger partial charge in [-0.05, 0) is 12.1 Å². The normalized spacial score (nSPS) is 17.2. The summed E-state index contributed by atoms with van der Waals surface area (Å²) in [6.45, 7) is 4.02. The third-order valence-electron chi connectivity index (χ3n) is 5.24. The van der Waals surface area contributed by atoms with Gasteiger partial charge in [0.15, 0.2) is 0 Å². The number of hydrogen-bond acceptors (Lipinski definition) is 6. The lowest BCUT2D eigenvalue weighted by Gasteiger charge is -2.28. The molecule has 0 amide bonds. The van der Waals surface area contributed by atoms with Crippen LogP contribution in [0.25, 0.3) is 22.3 Å². The molecule has 28 heavy (non-hydrogen) atoms. The van der Waals surface area contributed by atoms with Gasteiger partial charge in [-0.25, -0.2) is 9.67 Å². The third-order valence-corrected chi connectivity index (χ3v) is 5.24. The first kappa shape index (κ1) is 16.9. The molecule has 3 aromatic rings. The molecule has 4 heterocycles. The first-order valence-corrected chi connectivity index (χ1v) is 9.50. The van der Waals surface area contributed by atoms with E-state index in [-0.39, 0.29) is 0 Å². The van der Waals surface area contributed by atoms with Crippen LogP contribution in [-0.2, 0) is 4.74 Å². The van der Waals surface area contributed by atoms with Crippen LogP contribution in [0.5, 0.6) is 0 Å². The van der Waals surface area contributed by atoms with Gasteiger partial charge in [0.2, 0.25) is 0 Å². The summed E-state index contributed by atoms with van der Waals surface area (Å²) >= 11 is 0. The lowest BCUT2D eigenvalue weighted by Crippen LogP contribution is -2.36. The van der Waals surface area contributed by atoms with Crippen LogP contribution in [0.3, 0.4) is 0 Å². The minimum Gasteiger partial charge on any atom is -0.378 e. The first-order chi connectivity index (χ1) is 13.8. The van der Waals surface area contributed by atoms with Crippen molar-refractivity contribution in [3.8, 4) is 5.69 Å². The highest BCUT2D eigenvalue weighted by Gasteiger charge is 2.15. The molecule has 2 aliphatic rings. The van der Waals surface area contributed by atoms with E-state index in [2.05, 4.69) is 56.2 Å². The molecule has 0 bridgehead atoms. The molecule has 2 aromatic heterocycles. The van der Waals surface area contributed by atoms with Gasteiger partial charge in [0.25, 0.3) is 0 Å². The zero-order chi connectivity index (χ0) is 18.9. The van der Waals surface area contributed by atoms with E-state index in [1.807, 2.05) is 35.6 Å². The van der Waals surface area contributed by atoms with E-state index in [1.54, 1.807) is 0 Å². The summed E-state index contributed by atoms with van der Waals surface area (Å²) in [6, 6.07) is 10.5. The van der Waals surface area contributed by atoms with Crippen molar-refractivity contribution in [2.24, 2.45) is 4.99 Å². The molecule has 7 heteroatoms. The van der Waals surface area contributed by atoms with Crippen LogP contribution < -0.4 is 4.90 Å². The first-order valence-electron chi connectivity index (χ1n) is 9.50. The summed E-state index contributed by atoms with van der Waals surface area (Å²) in [6.07, 6.45) is 7.58. The molecule has 0 aliphatic carbocycles. The predicted octanol–water partition coefficient (Wildman–Crippen LogP) is 2.57. The second-order valence-corrected chi connectivity index (χ2v) is 7.03. The topological polar surface area (TPSA) is 58.8 Å². The van der Waals surface area contributed by atoms with Crippen molar-refractivity contribution in [3.05, 3.63) is 54.5 Å². The highest BCUT2D eigenvalue weighted by Crippen LogP contribution is 2.26. The zero-order valence-corrected chi connectivity index (χ0v) is 15.8. The molecule has 1 aromatic carbocycles. The maximum Gasteiger partial charge on any atom is 0.130 e. The van der Waals surface area contributed by atoms with E-state index in [9.17, 15) is 0 Å². The van der Waals surface area contributed by atoms with Crippen LogP contribution >= 0.6 is 0 Å². The van der Waals surface area contributed by atoms with E-state index < -0.39 is 0 Å². The summed E-state index contributed by atoms with van der Waals surface area (Å²) in [4.78, 5) is 13.3. The van der Waals surface area contributed by atoms with Gasteiger partial charge in [-0.3, -0.25) is 4.99 Å². The van der Waals surface area contributed by atoms with Gasteiger partial charge in [-0.2, -0.15) is 5.10 Å². The predicted molar refractivity (Wildman–Crippen MR) is 111 cm³/mol. The summed E-state index contributed by atoms with van der Waals surface area (Å²) in [5.41, 5.74) is 4.32. The summed E-state index contributed by atoms with van der Waals surface area (Å²) in [7, 11) is 2.08. The standard InChI is InChI=1S/C21H22N6O/c1-25-7-6-22-15-20(25)16-2-3-17-14-24-27(19(17)12-16)18-4-5-23-21(13-18)26-8-10-28-11-9-26/h2-6,12-15H,7-11H2,1H3. The molecule has 0 atom stereocenters. The highest BCUT2D eigenvalue weighted by atomic mass is 16.5. The van der Waals surface area contributed by atoms with Gasteiger partial charge in [0, 0.05) is 49.6 Å². The van der Waals surface area contributed by atoms with Crippen molar-refractivity contribution in [2.45, 2.75) is 0 Å². The van der Waals surface area contributed by atoms with E-state index in [0.29, 0.717) is 0 Å². The van der Waals surface area contributed by atoms with Gasteiger partial charge in [0.05, 0.1) is 49.1 Å². The SMILES string of the molecule is CN1CC=NC=C1c1ccc2cnn(-c3ccnc(N4CCOCC4)c3)c2c1. The monoisotopic (exact) mass is 374 g/mol. The number of rotatable bonds is 3. The van der Waals surface area contributed by atoms with Gasteiger partial charge in [0.1, 0.15) is 5.82 Å². The Kier molecular flexibility index (Phi) is 4.29. The number of nitrogens with zero attached hydrogens (tertiary/aromatic N) is 6. The van der Waals surface area contributed by atoms with Crippen LogP contribution in [0.2, 0.25) is 0 Å². The summed E-state index contributed by atoms with van der Waals surface area (Å²) in [5, 5.41) is 5.75. The summed E-state index contributed by atoms with van der Waals surface area (Å²) in [5.74, 6) is 0.963. The Labute approximate surface area is 163 Å². The number of hydrogen-bond donors (Lipinski definition) is 0. The number of aromatic nitrogens is 3. The van der Waals surface area contributed by atoms with Crippen molar-refractivity contribution in [1.82, 2.24) is 19.7 Å². The zero-order valence-electron chi connectivity index (χ0n) is 15.8. The van der Waals surface area contributed by atoms with Crippen molar-refractivity contribution in [3.63, 3.8) is 0 Å². The van der Waals surface area contributed by atoms with Gasteiger partial charge in [-0.1, -0.05) is 12.1 Å². The fourth-order valence-corrected chi connectivity index (χ4v) is 3.67. The number of benzene rings is 1. The van der Waals surface area contributed by atoms with Crippen molar-refractivity contribution in [1.29, 1.82) is 0 Å². The molecule has 5 rings (SSSR count). The van der Waals surface area contributed by atoms with Crippen molar-refractivity contribution >= 4 is 28.6 Å². The quantitative estimate of drug-likeness (QED) is 0.705. The van der Waals surface area contributed by atoms with E-state index in [0.717, 1.165) is 66.5 Å². The second-order valence-electron chi connectivity index (χ2n) is 7.03. The molecule has 0 spiro atoms. The number of morpholine rings is 1. The molecule has 0 unspecified atom stereocenters. The molecule has 7 nitrogen and oxygen atoms in total. The minimum absolute atomic E-state index is 0.741. The van der Waals surface area contributed by atoms with E-state index >= 15 is 0 Å². The van der Waals surface area contributed by atoms with E-state index in [1.165, 1.54) is 0 Å². The van der Waals surface area contributed by atoms with E-state index in [4.69, 9.17) is 4.74 Å². The van der Waals surface area contributed by atoms with Gasteiger partial charge >= 0.3 is 0 Å². The number of ether oxygens (including phenoxy) is 1. The van der Waals surface area contributed by atoms with Gasteiger partial charge < -0.3 is 14.5 Å². The molecule has 1 fully saturated rings. The highest BCUT2D eigenvalue weighted by molar-refractivity contribution is 5.85. The average Bonchev–Trinajstić information content (AvgIpc) is 3.18. The third kappa shape index (κ3) is 3.03. The number of fused-ring (bicyclic) bond motifs is 1. The molecule has 0 radical (unpaired) electrons. The Hall–Kier alpha value is -3.19. The maximum absolute atomic E-state index is 5.45. The molecule has 0 saturated carbocycles. The molecule has 0 N–H and O–H groups in total. The average molecular weight is 374 g/mol. The Morgan fingerprint density at radius 1 is 1.07 bits per heavy atom. The van der Waals surface area contributed by atoms with Crippen molar-refractivity contribution < 1.29 is 4.74 Å². The van der Waals surface area contributed by atoms with Crippen molar-refractivity contribution in [2.75, 3.05) is 44.8 Å². The molecule has 1 saturated heterocycles. The summed E-state index contributed by atoms with van der Waals surface area (Å²) < 4.78 is 7.44. The van der Waals surface area contributed by atoms with Crippen LogP contribution in [0.1, 0.15) is 5.56 Å². The van der Waals surface area contributed by atoms with Crippen LogP contribution in [0.15, 0.2) is 53.9 Å². The van der Waals surface area contributed by atoms with Crippen LogP contribution in [-0.4, -0.2) is 65.8 Å². The number of anilines is 1. The Morgan fingerprint density at radius 2 is 1.96 bits per heavy atom. The largest absolute Gasteiger partial charge is 0.378 e. The fraction of sp³-hybridized carbons (Fsp3) is 0.286. The van der Waals surface area contributed by atoms with Crippen LogP contribution in [0, 0.1) is 0 Å². The van der Waals surface area contributed by atoms with Gasteiger partial charge in [-0.15, -0.1) is 0 Å². The Bertz CT molecular complexity index is 1060. The van der Waals surface area contributed by atoms with Crippen LogP contribution in [0.4, 0.5) is 5.82 Å². The smallest absolute Gasteiger partial charge is 0.130 e. The lowest BCUT2D eigenvalue weighted by molar-refractivity contribution is 0.122. The molecule has 2 aliphatic heterocycles. The molecular formula is C21H22N6O. The number of pyridine rings is 1. The number of aliphatic imine (C=N–C) groups is 1. The maximum atomic E-state index is 5.45. The lowest BCUT2D eigenvalue weighted by atomic mass is 10.1. The second kappa shape index (κ2) is 7.09.